The molecule has 1 amide bonds. The third-order valence-corrected chi connectivity index (χ3v) is 5.61. The topological polar surface area (TPSA) is 70.6 Å². The van der Waals surface area contributed by atoms with Crippen molar-refractivity contribution in [3.63, 3.8) is 0 Å². The van der Waals surface area contributed by atoms with Crippen molar-refractivity contribution in [2.45, 2.75) is 31.7 Å². The van der Waals surface area contributed by atoms with Crippen LogP contribution in [-0.2, 0) is 0 Å². The second kappa shape index (κ2) is 8.46. The van der Waals surface area contributed by atoms with E-state index in [1.54, 1.807) is 13.2 Å². The SMILES string of the molecule is COc1ccc(N2CCN(c3ccc(C(=O)NC4CCCC4)nn3)CC2)cc1. The highest BCUT2D eigenvalue weighted by Crippen LogP contribution is 2.22. The summed E-state index contributed by atoms with van der Waals surface area (Å²) in [6.07, 6.45) is 4.52. The molecule has 0 bridgehead atoms. The van der Waals surface area contributed by atoms with Crippen LogP contribution in [-0.4, -0.2) is 55.4 Å². The van der Waals surface area contributed by atoms with Crippen LogP contribution in [0.5, 0.6) is 5.75 Å². The van der Waals surface area contributed by atoms with Gasteiger partial charge in [-0.1, -0.05) is 12.8 Å². The zero-order valence-corrected chi connectivity index (χ0v) is 16.3. The average molecular weight is 381 g/mol. The van der Waals surface area contributed by atoms with Gasteiger partial charge in [0.05, 0.1) is 7.11 Å². The number of rotatable bonds is 5. The van der Waals surface area contributed by atoms with E-state index in [2.05, 4.69) is 37.4 Å². The summed E-state index contributed by atoms with van der Waals surface area (Å²) in [5.41, 5.74) is 1.60. The molecule has 1 aliphatic heterocycles. The number of hydrogen-bond donors (Lipinski definition) is 1. The summed E-state index contributed by atoms with van der Waals surface area (Å²) in [6, 6.07) is 12.1. The van der Waals surface area contributed by atoms with Gasteiger partial charge in [-0.05, 0) is 49.2 Å². The van der Waals surface area contributed by atoms with Crippen LogP contribution in [0, 0.1) is 0 Å². The number of hydrogen-bond acceptors (Lipinski definition) is 6. The van der Waals surface area contributed by atoms with Crippen molar-refractivity contribution in [1.29, 1.82) is 0 Å². The number of amides is 1. The monoisotopic (exact) mass is 381 g/mol. The number of nitrogens with zero attached hydrogens (tertiary/aromatic N) is 4. The van der Waals surface area contributed by atoms with Gasteiger partial charge in [-0.25, -0.2) is 0 Å². The van der Waals surface area contributed by atoms with Crippen molar-refractivity contribution >= 4 is 17.4 Å². The minimum absolute atomic E-state index is 0.115. The number of benzene rings is 1. The molecule has 2 heterocycles. The minimum atomic E-state index is -0.115. The van der Waals surface area contributed by atoms with Crippen LogP contribution < -0.4 is 19.9 Å². The van der Waals surface area contributed by atoms with E-state index in [0.717, 1.165) is 50.6 Å². The van der Waals surface area contributed by atoms with Gasteiger partial charge in [0.15, 0.2) is 11.5 Å². The summed E-state index contributed by atoms with van der Waals surface area (Å²) in [7, 11) is 1.68. The van der Waals surface area contributed by atoms with Crippen molar-refractivity contribution < 1.29 is 9.53 Å². The Morgan fingerprint density at radius 2 is 1.64 bits per heavy atom. The molecule has 1 N–H and O–H groups in total. The molecule has 0 radical (unpaired) electrons. The van der Waals surface area contributed by atoms with Crippen LogP contribution in [0.3, 0.4) is 0 Å². The molecule has 2 aliphatic rings. The first-order valence-electron chi connectivity index (χ1n) is 10.0. The van der Waals surface area contributed by atoms with E-state index >= 15 is 0 Å². The lowest BCUT2D eigenvalue weighted by atomic mass is 10.2. The van der Waals surface area contributed by atoms with E-state index in [1.165, 1.54) is 18.5 Å². The molecular formula is C21H27N5O2. The lowest BCUT2D eigenvalue weighted by Crippen LogP contribution is -2.47. The smallest absolute Gasteiger partial charge is 0.272 e. The predicted molar refractivity (Wildman–Crippen MR) is 109 cm³/mol. The fraction of sp³-hybridized carbons (Fsp3) is 0.476. The fourth-order valence-electron chi connectivity index (χ4n) is 3.93. The largest absolute Gasteiger partial charge is 0.497 e. The van der Waals surface area contributed by atoms with Crippen molar-refractivity contribution in [2.24, 2.45) is 0 Å². The number of aromatic nitrogens is 2. The molecule has 1 aliphatic carbocycles. The van der Waals surface area contributed by atoms with Crippen LogP contribution in [0.4, 0.5) is 11.5 Å². The molecule has 0 spiro atoms. The van der Waals surface area contributed by atoms with Crippen molar-refractivity contribution in [3.05, 3.63) is 42.1 Å². The lowest BCUT2D eigenvalue weighted by Gasteiger charge is -2.36. The van der Waals surface area contributed by atoms with Crippen LogP contribution in [0.25, 0.3) is 0 Å². The maximum absolute atomic E-state index is 12.3. The molecule has 1 saturated heterocycles. The molecule has 7 nitrogen and oxygen atoms in total. The van der Waals surface area contributed by atoms with Crippen LogP contribution in [0.2, 0.25) is 0 Å². The summed E-state index contributed by atoms with van der Waals surface area (Å²) >= 11 is 0. The molecule has 4 rings (SSSR count). The summed E-state index contributed by atoms with van der Waals surface area (Å²) in [6.45, 7) is 3.57. The molecule has 0 atom stereocenters. The van der Waals surface area contributed by atoms with E-state index in [9.17, 15) is 4.79 Å². The molecule has 1 aromatic carbocycles. The highest BCUT2D eigenvalue weighted by Gasteiger charge is 2.21. The zero-order valence-electron chi connectivity index (χ0n) is 16.3. The van der Waals surface area contributed by atoms with Gasteiger partial charge in [0, 0.05) is 37.9 Å². The summed E-state index contributed by atoms with van der Waals surface area (Å²) in [5.74, 6) is 1.58. The number of methoxy groups -OCH3 is 1. The Morgan fingerprint density at radius 3 is 2.25 bits per heavy atom. The summed E-state index contributed by atoms with van der Waals surface area (Å²) in [4.78, 5) is 16.9. The Hall–Kier alpha value is -2.83. The van der Waals surface area contributed by atoms with Crippen LogP contribution in [0.15, 0.2) is 36.4 Å². The molecule has 148 valence electrons. The molecule has 0 unspecified atom stereocenters. The third kappa shape index (κ3) is 4.18. The highest BCUT2D eigenvalue weighted by molar-refractivity contribution is 5.92. The van der Waals surface area contributed by atoms with Gasteiger partial charge in [0.1, 0.15) is 5.75 Å². The van der Waals surface area contributed by atoms with Gasteiger partial charge in [0.25, 0.3) is 5.91 Å². The van der Waals surface area contributed by atoms with E-state index in [1.807, 2.05) is 18.2 Å². The molecule has 2 aromatic rings. The summed E-state index contributed by atoms with van der Waals surface area (Å²) in [5, 5.41) is 11.5. The van der Waals surface area contributed by atoms with E-state index < -0.39 is 0 Å². The van der Waals surface area contributed by atoms with Crippen molar-refractivity contribution in [3.8, 4) is 5.75 Å². The Balaban J connectivity index is 1.32. The van der Waals surface area contributed by atoms with E-state index in [-0.39, 0.29) is 5.91 Å². The number of piperazine rings is 1. The standard InChI is InChI=1S/C21H27N5O2/c1-28-18-8-6-17(7-9-18)25-12-14-26(15-13-25)20-11-10-19(23-24-20)21(27)22-16-4-2-3-5-16/h6-11,16H,2-5,12-15H2,1H3,(H,22,27). The number of carbonyl (C=O) groups excluding carboxylic acids is 1. The Labute approximate surface area is 165 Å². The predicted octanol–water partition coefficient (Wildman–Crippen LogP) is 2.48. The maximum Gasteiger partial charge on any atom is 0.272 e. The fourth-order valence-corrected chi connectivity index (χ4v) is 3.93. The Morgan fingerprint density at radius 1 is 0.964 bits per heavy atom. The molecule has 2 fully saturated rings. The van der Waals surface area contributed by atoms with Gasteiger partial charge in [-0.15, -0.1) is 10.2 Å². The average Bonchev–Trinajstić information content (AvgIpc) is 3.27. The maximum atomic E-state index is 12.3. The van der Waals surface area contributed by atoms with E-state index in [4.69, 9.17) is 4.74 Å². The minimum Gasteiger partial charge on any atom is -0.497 e. The molecule has 1 saturated carbocycles. The van der Waals surface area contributed by atoms with Crippen LogP contribution >= 0.6 is 0 Å². The molecule has 1 aromatic heterocycles. The second-order valence-electron chi connectivity index (χ2n) is 7.40. The highest BCUT2D eigenvalue weighted by atomic mass is 16.5. The Kier molecular flexibility index (Phi) is 5.60. The van der Waals surface area contributed by atoms with Crippen molar-refractivity contribution in [1.82, 2.24) is 15.5 Å². The number of anilines is 2. The first-order chi connectivity index (χ1) is 13.7. The molecule has 28 heavy (non-hydrogen) atoms. The first-order valence-corrected chi connectivity index (χ1v) is 10.0. The number of carbonyl (C=O) groups is 1. The van der Waals surface area contributed by atoms with Crippen LogP contribution in [0.1, 0.15) is 36.2 Å². The number of nitrogens with one attached hydrogen (secondary N) is 1. The first kappa shape index (κ1) is 18.5. The van der Waals surface area contributed by atoms with Gasteiger partial charge in [-0.2, -0.15) is 0 Å². The molecular weight excluding hydrogens is 354 g/mol. The van der Waals surface area contributed by atoms with Gasteiger partial charge in [-0.3, -0.25) is 4.79 Å². The van der Waals surface area contributed by atoms with Crippen molar-refractivity contribution in [2.75, 3.05) is 43.1 Å². The zero-order chi connectivity index (χ0) is 19.3. The summed E-state index contributed by atoms with van der Waals surface area (Å²) < 4.78 is 5.22. The second-order valence-corrected chi connectivity index (χ2v) is 7.40. The molecule has 7 heteroatoms. The lowest BCUT2D eigenvalue weighted by molar-refractivity contribution is 0.0932. The van der Waals surface area contributed by atoms with E-state index in [0.29, 0.717) is 11.7 Å². The third-order valence-electron chi connectivity index (χ3n) is 5.61. The number of ether oxygens (including phenoxy) is 1. The Bertz CT molecular complexity index is 779. The normalized spacial score (nSPS) is 17.6. The van der Waals surface area contributed by atoms with Gasteiger partial charge >= 0.3 is 0 Å². The van der Waals surface area contributed by atoms with Gasteiger partial charge < -0.3 is 19.9 Å². The van der Waals surface area contributed by atoms with Gasteiger partial charge in [0.2, 0.25) is 0 Å². The quantitative estimate of drug-likeness (QED) is 0.858.